The van der Waals surface area contributed by atoms with Gasteiger partial charge in [-0.15, -0.1) is 0 Å². The van der Waals surface area contributed by atoms with Crippen LogP contribution in [0.25, 0.3) is 0 Å². The number of nitrogens with one attached hydrogen (secondary N) is 2. The highest BCUT2D eigenvalue weighted by Crippen LogP contribution is 2.30. The highest BCUT2D eigenvalue weighted by molar-refractivity contribution is 9.10. The van der Waals surface area contributed by atoms with E-state index in [4.69, 9.17) is 5.73 Å². The number of nitrogens with two attached hydrogens (primary N) is 1. The summed E-state index contributed by atoms with van der Waals surface area (Å²) in [7, 11) is 0. The monoisotopic (exact) mass is 452 g/mol. The Morgan fingerprint density at radius 3 is 2.89 bits per heavy atom. The summed E-state index contributed by atoms with van der Waals surface area (Å²) in [6, 6.07) is 3.58. The lowest BCUT2D eigenvalue weighted by Gasteiger charge is -2.35. The number of anilines is 3. The third-order valence-corrected chi connectivity index (χ3v) is 4.76. The second-order valence-electron chi connectivity index (χ2n) is 6.15. The van der Waals surface area contributed by atoms with Crippen LogP contribution >= 0.6 is 15.9 Å². The van der Waals surface area contributed by atoms with E-state index in [0.717, 1.165) is 4.90 Å². The summed E-state index contributed by atoms with van der Waals surface area (Å²) in [5, 5.41) is 15.3. The predicted octanol–water partition coefficient (Wildman–Crippen LogP) is 2.26. The number of aromatic nitrogens is 2. The van der Waals surface area contributed by atoms with E-state index in [1.165, 1.54) is 24.5 Å². The zero-order valence-corrected chi connectivity index (χ0v) is 16.2. The standard InChI is InChI=1S/C17H18BrFN6O3/c18-14-2-1-10(20)15(24-14)16(26)23-11-7-21-6-4-12(11)25(17(27)28)13-8-22-5-3-9(13)19/h1-2,4,6-7,9,13,22H,3,5,8,20H2,(H,23,26)(H,27,28). The molecule has 0 aromatic carbocycles. The fourth-order valence-corrected chi connectivity index (χ4v) is 3.30. The van der Waals surface area contributed by atoms with Crippen molar-refractivity contribution in [2.24, 2.45) is 0 Å². The Morgan fingerprint density at radius 1 is 1.39 bits per heavy atom. The van der Waals surface area contributed by atoms with Crippen LogP contribution in [0.1, 0.15) is 16.9 Å². The van der Waals surface area contributed by atoms with Crippen LogP contribution in [0.4, 0.5) is 26.2 Å². The second-order valence-corrected chi connectivity index (χ2v) is 6.96. The summed E-state index contributed by atoms with van der Waals surface area (Å²) in [5.74, 6) is -0.642. The smallest absolute Gasteiger partial charge is 0.412 e. The minimum Gasteiger partial charge on any atom is -0.465 e. The lowest BCUT2D eigenvalue weighted by Crippen LogP contribution is -2.54. The van der Waals surface area contributed by atoms with Crippen LogP contribution in [0, 0.1) is 0 Å². The van der Waals surface area contributed by atoms with Gasteiger partial charge in [0, 0.05) is 12.7 Å². The molecule has 11 heteroatoms. The molecule has 148 valence electrons. The number of alkyl halides is 1. The third kappa shape index (κ3) is 4.20. The Bertz CT molecular complexity index is 899. The van der Waals surface area contributed by atoms with Gasteiger partial charge >= 0.3 is 6.09 Å². The van der Waals surface area contributed by atoms with Gasteiger partial charge in [0.2, 0.25) is 0 Å². The molecule has 2 unspecified atom stereocenters. The highest BCUT2D eigenvalue weighted by atomic mass is 79.9. The predicted molar refractivity (Wildman–Crippen MR) is 105 cm³/mol. The molecule has 0 radical (unpaired) electrons. The van der Waals surface area contributed by atoms with Crippen molar-refractivity contribution in [1.29, 1.82) is 0 Å². The molecule has 2 aromatic rings. The minimum absolute atomic E-state index is 0.0336. The van der Waals surface area contributed by atoms with Gasteiger partial charge in [-0.25, -0.2) is 14.2 Å². The molecule has 0 bridgehead atoms. The van der Waals surface area contributed by atoms with Crippen molar-refractivity contribution in [3.63, 3.8) is 0 Å². The highest BCUT2D eigenvalue weighted by Gasteiger charge is 2.35. The number of rotatable bonds is 4. The van der Waals surface area contributed by atoms with Crippen LogP contribution in [-0.2, 0) is 0 Å². The van der Waals surface area contributed by atoms with E-state index in [2.05, 4.69) is 36.5 Å². The number of nitrogens with zero attached hydrogens (tertiary/aromatic N) is 3. The van der Waals surface area contributed by atoms with Crippen LogP contribution in [0.5, 0.6) is 0 Å². The van der Waals surface area contributed by atoms with Crippen LogP contribution < -0.4 is 21.3 Å². The molecule has 5 N–H and O–H groups in total. The fourth-order valence-electron chi connectivity index (χ4n) is 2.99. The summed E-state index contributed by atoms with van der Waals surface area (Å²) in [6.45, 7) is 0.627. The summed E-state index contributed by atoms with van der Waals surface area (Å²) < 4.78 is 14.8. The van der Waals surface area contributed by atoms with Gasteiger partial charge in [0.25, 0.3) is 5.91 Å². The lowest BCUT2D eigenvalue weighted by molar-refractivity contribution is 0.102. The van der Waals surface area contributed by atoms with E-state index >= 15 is 0 Å². The molecule has 1 fully saturated rings. The number of nitrogen functional groups attached to an aromatic ring is 1. The molecule has 2 amide bonds. The Morgan fingerprint density at radius 2 is 2.18 bits per heavy atom. The molecule has 1 aliphatic heterocycles. The molecular formula is C17H18BrFN6O3. The second kappa shape index (κ2) is 8.48. The minimum atomic E-state index is -1.34. The van der Waals surface area contributed by atoms with E-state index in [0.29, 0.717) is 11.1 Å². The van der Waals surface area contributed by atoms with Crippen LogP contribution in [0.2, 0.25) is 0 Å². The number of hydrogen-bond acceptors (Lipinski definition) is 6. The van der Waals surface area contributed by atoms with Gasteiger partial charge in [-0.1, -0.05) is 0 Å². The Labute approximate surface area is 168 Å². The molecule has 1 aliphatic rings. The van der Waals surface area contributed by atoms with Crippen molar-refractivity contribution in [2.45, 2.75) is 18.6 Å². The molecule has 0 saturated carbocycles. The Kier molecular flexibility index (Phi) is 6.05. The molecule has 2 atom stereocenters. The maximum atomic E-state index is 14.4. The van der Waals surface area contributed by atoms with Gasteiger partial charge in [0.15, 0.2) is 5.69 Å². The largest absolute Gasteiger partial charge is 0.465 e. The SMILES string of the molecule is Nc1ccc(Br)nc1C(=O)Nc1cnccc1N(C(=O)O)C1CNCCC1F. The zero-order chi connectivity index (χ0) is 20.3. The number of carboxylic acid groups (broad SMARTS) is 1. The topological polar surface area (TPSA) is 133 Å². The number of piperidine rings is 1. The van der Waals surface area contributed by atoms with E-state index in [1.807, 2.05) is 0 Å². The van der Waals surface area contributed by atoms with Crippen molar-refractivity contribution < 1.29 is 19.1 Å². The van der Waals surface area contributed by atoms with E-state index < -0.39 is 24.2 Å². The molecular weight excluding hydrogens is 435 g/mol. The molecule has 3 rings (SSSR count). The van der Waals surface area contributed by atoms with Crippen molar-refractivity contribution in [1.82, 2.24) is 15.3 Å². The first-order valence-electron chi connectivity index (χ1n) is 8.43. The summed E-state index contributed by atoms with van der Waals surface area (Å²) in [5.41, 5.74) is 6.14. The van der Waals surface area contributed by atoms with E-state index in [9.17, 15) is 19.1 Å². The molecule has 0 spiro atoms. The van der Waals surface area contributed by atoms with Gasteiger partial charge in [0.1, 0.15) is 10.8 Å². The average molecular weight is 453 g/mol. The van der Waals surface area contributed by atoms with Crippen molar-refractivity contribution in [3.05, 3.63) is 40.9 Å². The van der Waals surface area contributed by atoms with Gasteiger partial charge in [-0.2, -0.15) is 0 Å². The molecule has 28 heavy (non-hydrogen) atoms. The Balaban J connectivity index is 1.94. The summed E-state index contributed by atoms with van der Waals surface area (Å²) in [4.78, 5) is 33.4. The number of amides is 2. The number of halogens is 2. The number of carbonyl (C=O) groups excluding carboxylic acids is 1. The average Bonchev–Trinajstić information content (AvgIpc) is 2.66. The first-order chi connectivity index (χ1) is 13.4. The zero-order valence-electron chi connectivity index (χ0n) is 14.6. The van der Waals surface area contributed by atoms with Crippen LogP contribution in [-0.4, -0.2) is 52.4 Å². The Hall–Kier alpha value is -2.79. The van der Waals surface area contributed by atoms with E-state index in [-0.39, 0.29) is 35.7 Å². The summed E-state index contributed by atoms with van der Waals surface area (Å²) >= 11 is 3.17. The van der Waals surface area contributed by atoms with Gasteiger partial charge in [0.05, 0.1) is 29.3 Å². The maximum absolute atomic E-state index is 14.4. The van der Waals surface area contributed by atoms with Crippen molar-refractivity contribution in [2.75, 3.05) is 29.0 Å². The summed E-state index contributed by atoms with van der Waals surface area (Å²) in [6.07, 6.45) is 0.186. The van der Waals surface area contributed by atoms with Gasteiger partial charge in [-0.3, -0.25) is 14.7 Å². The maximum Gasteiger partial charge on any atom is 0.412 e. The number of hydrogen-bond donors (Lipinski definition) is 4. The molecule has 0 aliphatic carbocycles. The molecule has 9 nitrogen and oxygen atoms in total. The number of carbonyl (C=O) groups is 2. The number of pyridine rings is 2. The van der Waals surface area contributed by atoms with Gasteiger partial charge < -0.3 is 21.5 Å². The first kappa shape index (κ1) is 20.0. The normalized spacial score (nSPS) is 19.1. The van der Waals surface area contributed by atoms with E-state index in [1.54, 1.807) is 6.07 Å². The molecule has 2 aromatic heterocycles. The molecule has 1 saturated heterocycles. The van der Waals surface area contributed by atoms with Crippen LogP contribution in [0.3, 0.4) is 0 Å². The quantitative estimate of drug-likeness (QED) is 0.522. The lowest BCUT2D eigenvalue weighted by atomic mass is 10.0. The first-order valence-corrected chi connectivity index (χ1v) is 9.22. The third-order valence-electron chi connectivity index (χ3n) is 4.32. The van der Waals surface area contributed by atoms with Gasteiger partial charge in [-0.05, 0) is 47.1 Å². The van der Waals surface area contributed by atoms with Crippen molar-refractivity contribution >= 4 is 45.0 Å². The van der Waals surface area contributed by atoms with Crippen molar-refractivity contribution in [3.8, 4) is 0 Å². The van der Waals surface area contributed by atoms with Crippen LogP contribution in [0.15, 0.2) is 35.2 Å². The molecule has 3 heterocycles. The fraction of sp³-hybridized carbons (Fsp3) is 0.294.